The molecule has 9 aliphatic carbocycles. The van der Waals surface area contributed by atoms with Gasteiger partial charge in [-0.2, -0.15) is 0 Å². The quantitative estimate of drug-likeness (QED) is 0.103. The molecule has 5 heterocycles. The molecule has 17 atom stereocenters. The summed E-state index contributed by atoms with van der Waals surface area (Å²) >= 11 is 0. The van der Waals surface area contributed by atoms with Crippen LogP contribution >= 0.6 is 0 Å². The van der Waals surface area contributed by atoms with Gasteiger partial charge in [-0.15, -0.1) is 0 Å². The largest absolute Gasteiger partial charge is 0.493 e. The molecule has 0 aromatic carbocycles. The highest BCUT2D eigenvalue weighted by atomic mass is 16.7. The molecule has 13 heteroatoms. The van der Waals surface area contributed by atoms with E-state index in [1.807, 2.05) is 36.4 Å². The number of fused-ring (bicyclic) bond motifs is 7. The van der Waals surface area contributed by atoms with Gasteiger partial charge < -0.3 is 48.2 Å². The molecular formula is C84H125N3O10. The fourth-order valence-electron chi connectivity index (χ4n) is 22.3. The minimum Gasteiger partial charge on any atom is -0.493 e. The van der Waals surface area contributed by atoms with Crippen LogP contribution in [0.15, 0.2) is 110 Å². The van der Waals surface area contributed by atoms with E-state index < -0.39 is 11.5 Å². The zero-order valence-electron chi connectivity index (χ0n) is 60.7. The van der Waals surface area contributed by atoms with Crippen LogP contribution in [0, 0.1) is 85.8 Å². The van der Waals surface area contributed by atoms with Crippen molar-refractivity contribution in [1.29, 1.82) is 0 Å². The topological polar surface area (TPSA) is 161 Å². The van der Waals surface area contributed by atoms with E-state index in [2.05, 4.69) is 76.2 Å². The number of hydrogen-bond acceptors (Lipinski definition) is 13. The van der Waals surface area contributed by atoms with Gasteiger partial charge >= 0.3 is 0 Å². The van der Waals surface area contributed by atoms with Crippen molar-refractivity contribution in [2.75, 3.05) is 39.6 Å². The van der Waals surface area contributed by atoms with Gasteiger partial charge in [0.15, 0.2) is 12.6 Å². The number of carbonyl (C=O) groups excluding carboxylic acids is 1. The maximum Gasteiger partial charge on any atom is 0.160 e. The minimum absolute atomic E-state index is 0.0286. The van der Waals surface area contributed by atoms with Crippen molar-refractivity contribution in [2.24, 2.45) is 85.8 Å². The van der Waals surface area contributed by atoms with Gasteiger partial charge in [-0.05, 0) is 223 Å². The molecule has 14 rings (SSSR count). The summed E-state index contributed by atoms with van der Waals surface area (Å²) in [5, 5.41) is 20.6. The van der Waals surface area contributed by atoms with Crippen LogP contribution in [0.2, 0.25) is 0 Å². The van der Waals surface area contributed by atoms with Crippen molar-refractivity contribution in [3.8, 4) is 17.2 Å². The van der Waals surface area contributed by atoms with Crippen LogP contribution in [0.1, 0.15) is 234 Å². The van der Waals surface area contributed by atoms with Gasteiger partial charge in [-0.1, -0.05) is 136 Å². The number of allylic oxidation sites excluding steroid dienone is 3. The minimum atomic E-state index is -0.421. The molecule has 11 fully saturated rings. The Hall–Kier alpha value is -4.50. The first kappa shape index (κ1) is 73.7. The lowest BCUT2D eigenvalue weighted by molar-refractivity contribution is -0.318. The zero-order valence-corrected chi connectivity index (χ0v) is 60.7. The molecule has 9 saturated carbocycles. The molecule has 0 radical (unpaired) electrons. The van der Waals surface area contributed by atoms with Crippen LogP contribution in [0.3, 0.4) is 0 Å². The average Bonchev–Trinajstić information content (AvgIpc) is 0.737. The van der Waals surface area contributed by atoms with Crippen molar-refractivity contribution < 1.29 is 48.2 Å². The second kappa shape index (κ2) is 33.1. The van der Waals surface area contributed by atoms with Crippen LogP contribution in [-0.2, 0) is 23.7 Å². The molecule has 97 heavy (non-hydrogen) atoms. The normalized spacial score (nSPS) is 38.4. The Labute approximate surface area is 584 Å². The molecule has 536 valence electrons. The number of rotatable bonds is 16. The summed E-state index contributed by atoms with van der Waals surface area (Å²) in [5.41, 5.74) is 4.47. The number of ether oxygens (including phenoxy) is 7. The van der Waals surface area contributed by atoms with Gasteiger partial charge in [0.25, 0.3) is 0 Å². The van der Waals surface area contributed by atoms with Crippen LogP contribution in [0.4, 0.5) is 0 Å². The molecule has 0 bridgehead atoms. The second-order valence-electron chi connectivity index (χ2n) is 33.6. The third-order valence-corrected chi connectivity index (χ3v) is 27.9. The van der Waals surface area contributed by atoms with Gasteiger partial charge in [0.05, 0.1) is 58.0 Å². The van der Waals surface area contributed by atoms with Gasteiger partial charge in [-0.3, -0.25) is 15.0 Å². The molecule has 0 amide bonds. The summed E-state index contributed by atoms with van der Waals surface area (Å²) in [4.78, 5) is 22.3. The highest BCUT2D eigenvalue weighted by molar-refractivity contribution is 5.53. The summed E-state index contributed by atoms with van der Waals surface area (Å²) in [6.07, 6.45) is 47.5. The van der Waals surface area contributed by atoms with Crippen LogP contribution in [-0.4, -0.2) is 102 Å². The van der Waals surface area contributed by atoms with Gasteiger partial charge in [0, 0.05) is 71.2 Å². The van der Waals surface area contributed by atoms with E-state index in [1.54, 1.807) is 37.2 Å². The lowest BCUT2D eigenvalue weighted by atomic mass is 9.46. The number of aliphatic hydroxyl groups is 2. The average molecular weight is 1340 g/mol. The maximum absolute atomic E-state index is 10.5. The van der Waals surface area contributed by atoms with Crippen molar-refractivity contribution in [2.45, 2.75) is 265 Å². The Morgan fingerprint density at radius 1 is 0.464 bits per heavy atom. The van der Waals surface area contributed by atoms with E-state index in [1.165, 1.54) is 126 Å². The number of aldehydes is 1. The monoisotopic (exact) mass is 1340 g/mol. The molecule has 2 aliphatic heterocycles. The number of pyridine rings is 3. The second-order valence-corrected chi connectivity index (χ2v) is 33.6. The lowest BCUT2D eigenvalue weighted by Gasteiger charge is -2.63. The summed E-state index contributed by atoms with van der Waals surface area (Å²) in [6, 6.07) is 11.5. The van der Waals surface area contributed by atoms with Crippen molar-refractivity contribution >= 4 is 6.29 Å². The lowest BCUT2D eigenvalue weighted by Crippen LogP contribution is -2.62. The molecule has 11 aliphatic rings. The van der Waals surface area contributed by atoms with Crippen LogP contribution in [0.5, 0.6) is 17.2 Å². The Kier molecular flexibility index (Phi) is 25.1. The standard InChI is InChI=1S/2C28H41NO3.C21H31NO3.C7H12O/c2*1-20-9-10-24-27(2,23(20)14-18-30-22-12-16-29-17-13-22)15-11-25-28(24,3)19-31-26(32-25)21-7-5-4-6-8-21;1-15-4-5-18-20(2,10-6-19(24)21(18,3)14-23)17(15)9-13-25-16-7-11-22-12-8-16;8-6-7-4-2-1-3-5-7/h2*12-13,16-17,21,23-26H,1,4-11,14-15,18-19H2,2-3H3;7-8,11-12,17-19,23-24H,1,4-6,9-10,13-14H2,2-3H3;6-7H,1-5H2/t2*23-,24?,25-,26-,27+,28+;17-,18?,19-,20+,21+;/m111./s1. The fraction of sp³-hybridized carbons (Fsp3) is 0.738. The van der Waals surface area contributed by atoms with E-state index >= 15 is 0 Å². The smallest absolute Gasteiger partial charge is 0.160 e. The predicted molar refractivity (Wildman–Crippen MR) is 384 cm³/mol. The Morgan fingerprint density at radius 3 is 1.15 bits per heavy atom. The molecule has 3 aromatic rings. The van der Waals surface area contributed by atoms with Gasteiger partial charge in [0.2, 0.25) is 0 Å². The van der Waals surface area contributed by atoms with E-state index in [9.17, 15) is 15.0 Å². The van der Waals surface area contributed by atoms with E-state index in [0.717, 1.165) is 133 Å². The molecular weight excluding hydrogens is 1210 g/mol. The van der Waals surface area contributed by atoms with Gasteiger partial charge in [-0.25, -0.2) is 0 Å². The van der Waals surface area contributed by atoms with E-state index in [0.29, 0.717) is 72.1 Å². The summed E-state index contributed by atoms with van der Waals surface area (Å²) in [6.45, 7) is 31.6. The first-order valence-corrected chi connectivity index (χ1v) is 38.8. The van der Waals surface area contributed by atoms with Crippen LogP contribution < -0.4 is 14.2 Å². The molecule has 3 unspecified atom stereocenters. The highest BCUT2D eigenvalue weighted by Crippen LogP contribution is 2.66. The zero-order chi connectivity index (χ0) is 68.3. The molecule has 2 saturated heterocycles. The molecule has 3 aromatic heterocycles. The van der Waals surface area contributed by atoms with Crippen molar-refractivity contribution in [3.63, 3.8) is 0 Å². The summed E-state index contributed by atoms with van der Waals surface area (Å²) in [5.74, 6) is 7.15. The molecule has 0 spiro atoms. The number of aromatic nitrogens is 3. The summed E-state index contributed by atoms with van der Waals surface area (Å²) in [7, 11) is 0. The molecule has 13 nitrogen and oxygen atoms in total. The van der Waals surface area contributed by atoms with Crippen molar-refractivity contribution in [1.82, 2.24) is 15.0 Å². The van der Waals surface area contributed by atoms with Crippen molar-refractivity contribution in [3.05, 3.63) is 110 Å². The number of carbonyl (C=O) groups is 1. The fourth-order valence-corrected chi connectivity index (χ4v) is 22.3. The highest BCUT2D eigenvalue weighted by Gasteiger charge is 2.63. The number of hydrogen-bond donors (Lipinski definition) is 2. The number of nitrogens with zero attached hydrogens (tertiary/aromatic N) is 3. The SMILES string of the molecule is C=C1CCC2[C@](C)(CO)[C@H](O)CC[C@@]2(C)[C@@H]1CCOc1ccncc1.C=C1CCC2[C@]3(C)CO[C@@H](C4CCCCC4)O[C@@H]3CC[C@@]2(C)[C@@H]1CCOc1ccncc1.C=C1CCC2[C@]3(C)CO[C@@H](C4CCCCC4)O[C@@H]3CC[C@@]2(C)[C@@H]1CCOc1ccncc1.O=CC1CCCCC1. The molecule has 2 N–H and O–H groups in total. The first-order valence-electron chi connectivity index (χ1n) is 38.8. The Bertz CT molecular complexity index is 2840. The third kappa shape index (κ3) is 16.4. The predicted octanol–water partition coefficient (Wildman–Crippen LogP) is 18.5. The Balaban J connectivity index is 0.000000140. The third-order valence-electron chi connectivity index (χ3n) is 27.9. The first-order chi connectivity index (χ1) is 46.9. The number of aliphatic hydroxyl groups excluding tert-OH is 2. The van der Waals surface area contributed by atoms with E-state index in [-0.39, 0.29) is 46.3 Å². The van der Waals surface area contributed by atoms with Crippen LogP contribution in [0.25, 0.3) is 0 Å². The maximum atomic E-state index is 10.5. The Morgan fingerprint density at radius 2 is 0.804 bits per heavy atom. The van der Waals surface area contributed by atoms with E-state index in [4.69, 9.17) is 33.2 Å². The summed E-state index contributed by atoms with van der Waals surface area (Å²) < 4.78 is 44.6. The van der Waals surface area contributed by atoms with Gasteiger partial charge in [0.1, 0.15) is 23.5 Å².